The number of aliphatic hydroxyl groups excluding tert-OH is 2. The molecule has 5 rings (SSSR count). The van der Waals surface area contributed by atoms with Crippen molar-refractivity contribution in [3.8, 4) is 6.07 Å². The van der Waals surface area contributed by atoms with Gasteiger partial charge in [-0.15, -0.1) is 0 Å². The van der Waals surface area contributed by atoms with Crippen LogP contribution in [0.1, 0.15) is 29.5 Å². The normalized spacial score (nSPS) is 30.6. The first-order valence-electron chi connectivity index (χ1n) is 11.7. The maximum atomic E-state index is 13.7. The van der Waals surface area contributed by atoms with Crippen LogP contribution >= 0.6 is 0 Å². The number of nitriles is 1. The van der Waals surface area contributed by atoms with E-state index in [1.54, 1.807) is 0 Å². The third-order valence-electron chi connectivity index (χ3n) is 7.56. The summed E-state index contributed by atoms with van der Waals surface area (Å²) >= 11 is 0. The monoisotopic (exact) mass is 516 g/mol. The van der Waals surface area contributed by atoms with Crippen LogP contribution in [0, 0.1) is 23.2 Å². The van der Waals surface area contributed by atoms with E-state index in [9.17, 15) is 33.0 Å². The Morgan fingerprint density at radius 3 is 2.49 bits per heavy atom. The van der Waals surface area contributed by atoms with Gasteiger partial charge in [0.25, 0.3) is 0 Å². The Kier molecular flexibility index (Phi) is 6.11. The van der Waals surface area contributed by atoms with Crippen molar-refractivity contribution in [1.82, 2.24) is 0 Å². The number of hydrogen-bond acceptors (Lipinski definition) is 7. The van der Waals surface area contributed by atoms with E-state index in [0.29, 0.717) is 11.0 Å². The lowest BCUT2D eigenvalue weighted by atomic mass is 9.65. The topological polar surface area (TPSA) is 120 Å². The van der Waals surface area contributed by atoms with Gasteiger partial charge in [-0.3, -0.25) is 9.59 Å². The van der Waals surface area contributed by atoms with E-state index >= 15 is 0 Å². The number of halogens is 3. The average Bonchev–Trinajstić information content (AvgIpc) is 3.41. The van der Waals surface area contributed by atoms with E-state index in [-0.39, 0.29) is 31.7 Å². The molecule has 8 nitrogen and oxygen atoms in total. The maximum absolute atomic E-state index is 13.7. The molecule has 0 radical (unpaired) electrons. The van der Waals surface area contributed by atoms with Gasteiger partial charge in [-0.2, -0.15) is 18.4 Å². The van der Waals surface area contributed by atoms with Gasteiger partial charge in [0.2, 0.25) is 11.8 Å². The zero-order valence-electron chi connectivity index (χ0n) is 19.4. The summed E-state index contributed by atoms with van der Waals surface area (Å²) in [6.07, 6.45) is -6.19. The van der Waals surface area contributed by atoms with Gasteiger partial charge < -0.3 is 19.7 Å². The quantitative estimate of drug-likeness (QED) is 0.543. The molecular weight excluding hydrogens is 493 g/mol. The molecule has 2 aromatic carbocycles. The second-order valence-electron chi connectivity index (χ2n) is 9.60. The van der Waals surface area contributed by atoms with Crippen LogP contribution in [0.2, 0.25) is 0 Å². The van der Waals surface area contributed by atoms with Gasteiger partial charge in [-0.25, -0.2) is 4.90 Å². The second-order valence-corrected chi connectivity index (χ2v) is 9.60. The van der Waals surface area contributed by atoms with Crippen molar-refractivity contribution in [2.45, 2.75) is 42.9 Å². The minimum Gasteiger partial charge on any atom is -0.396 e. The van der Waals surface area contributed by atoms with Gasteiger partial charge in [-0.05, 0) is 23.8 Å². The van der Waals surface area contributed by atoms with Crippen LogP contribution in [-0.4, -0.2) is 52.5 Å². The Balaban J connectivity index is 1.52. The highest BCUT2D eigenvalue weighted by atomic mass is 19.4. The highest BCUT2D eigenvalue weighted by Gasteiger charge is 2.78. The van der Waals surface area contributed by atoms with Gasteiger partial charge in [0.1, 0.15) is 5.60 Å². The van der Waals surface area contributed by atoms with E-state index < -0.39 is 64.9 Å². The predicted octanol–water partition coefficient (Wildman–Crippen LogP) is 2.55. The SMILES string of the molecule is N#Cc1ccc(N2C(=O)[C@@H]3[C@H](C2=O)[C@]2(COCc4ccccc4)O[C@@]3(CCO)C[C@H]2O)cc1C(F)(F)F. The zero-order chi connectivity index (χ0) is 26.6. The van der Waals surface area contributed by atoms with Crippen molar-refractivity contribution >= 4 is 17.5 Å². The number of ether oxygens (including phenoxy) is 2. The molecule has 0 unspecified atom stereocenters. The van der Waals surface area contributed by atoms with E-state index in [1.807, 2.05) is 30.3 Å². The van der Waals surface area contributed by atoms with E-state index in [0.717, 1.165) is 17.7 Å². The molecule has 194 valence electrons. The fraction of sp³-hybridized carbons (Fsp3) is 0.423. The van der Waals surface area contributed by atoms with Gasteiger partial charge in [0.15, 0.2) is 0 Å². The van der Waals surface area contributed by atoms with E-state index in [1.165, 1.54) is 6.07 Å². The largest absolute Gasteiger partial charge is 0.417 e. The molecule has 3 saturated heterocycles. The van der Waals surface area contributed by atoms with Crippen molar-refractivity contribution in [1.29, 1.82) is 5.26 Å². The van der Waals surface area contributed by atoms with Crippen molar-refractivity contribution < 1.29 is 42.4 Å². The summed E-state index contributed by atoms with van der Waals surface area (Å²) in [5, 5.41) is 29.8. The first-order chi connectivity index (χ1) is 17.6. The Hall–Kier alpha value is -3.30. The van der Waals surface area contributed by atoms with Crippen LogP contribution in [0.5, 0.6) is 0 Å². The molecule has 37 heavy (non-hydrogen) atoms. The molecule has 2 bridgehead atoms. The number of aliphatic hydroxyl groups is 2. The van der Waals surface area contributed by atoms with Gasteiger partial charge in [-0.1, -0.05) is 30.3 Å². The number of carbonyl (C=O) groups excluding carboxylic acids is 2. The molecule has 3 aliphatic rings. The number of anilines is 1. The molecule has 0 aliphatic carbocycles. The standard InChI is InChI=1S/C26H23F3N2O6/c27-26(28,29)18-10-17(7-6-16(18)12-30)31-22(34)20-21(23(31)35)25(14-36-13-15-4-2-1-3-5-15)19(33)11-24(20,37-25)8-9-32/h1-7,10,19-21,32-33H,8-9,11,13-14H2/t19-,20+,21-,24+,25-/m1/s1. The number of carbonyl (C=O) groups is 2. The number of fused-ring (bicyclic) bond motifs is 5. The van der Waals surface area contributed by atoms with E-state index in [4.69, 9.17) is 14.7 Å². The molecule has 3 heterocycles. The fourth-order valence-corrected chi connectivity index (χ4v) is 6.01. The predicted molar refractivity (Wildman–Crippen MR) is 121 cm³/mol. The summed E-state index contributed by atoms with van der Waals surface area (Å²) in [5.74, 6) is -3.95. The zero-order valence-corrected chi connectivity index (χ0v) is 19.4. The van der Waals surface area contributed by atoms with Crippen LogP contribution in [0.15, 0.2) is 48.5 Å². The molecule has 5 atom stereocenters. The van der Waals surface area contributed by atoms with Crippen molar-refractivity contribution in [2.24, 2.45) is 11.8 Å². The summed E-state index contributed by atoms with van der Waals surface area (Å²) < 4.78 is 52.8. The third kappa shape index (κ3) is 3.83. The molecular formula is C26H23F3N2O6. The molecule has 0 aromatic heterocycles. The summed E-state index contributed by atoms with van der Waals surface area (Å²) in [6.45, 7) is -0.502. The number of imide groups is 1. The summed E-state index contributed by atoms with van der Waals surface area (Å²) in [7, 11) is 0. The number of benzene rings is 2. The minimum absolute atomic E-state index is 0.0442. The van der Waals surface area contributed by atoms with Crippen LogP contribution in [-0.2, 0) is 31.8 Å². The Labute approximate surface area is 209 Å². The molecule has 0 spiro atoms. The summed E-state index contributed by atoms with van der Waals surface area (Å²) in [4.78, 5) is 28.0. The maximum Gasteiger partial charge on any atom is 0.417 e. The lowest BCUT2D eigenvalue weighted by molar-refractivity contribution is -0.152. The van der Waals surface area contributed by atoms with Crippen LogP contribution in [0.3, 0.4) is 0 Å². The number of hydrogen-bond donors (Lipinski definition) is 2. The molecule has 0 saturated carbocycles. The average molecular weight is 516 g/mol. The number of rotatable bonds is 7. The lowest BCUT2D eigenvalue weighted by Crippen LogP contribution is -2.54. The molecule has 2 amide bonds. The van der Waals surface area contributed by atoms with Crippen LogP contribution in [0.25, 0.3) is 0 Å². The minimum atomic E-state index is -4.88. The van der Waals surface area contributed by atoms with Crippen LogP contribution in [0.4, 0.5) is 18.9 Å². The summed E-state index contributed by atoms with van der Waals surface area (Å²) in [5.41, 5.74) is -4.41. The van der Waals surface area contributed by atoms with Crippen LogP contribution < -0.4 is 4.90 Å². The number of nitrogens with zero attached hydrogens (tertiary/aromatic N) is 2. The molecule has 3 fully saturated rings. The fourth-order valence-electron chi connectivity index (χ4n) is 6.01. The first kappa shape index (κ1) is 25.4. The second kappa shape index (κ2) is 8.92. The smallest absolute Gasteiger partial charge is 0.396 e. The van der Waals surface area contributed by atoms with Crippen molar-refractivity contribution in [3.05, 3.63) is 65.2 Å². The molecule has 3 aliphatic heterocycles. The van der Waals surface area contributed by atoms with E-state index in [2.05, 4.69) is 0 Å². The highest BCUT2D eigenvalue weighted by molar-refractivity contribution is 6.23. The van der Waals surface area contributed by atoms with Crippen molar-refractivity contribution in [2.75, 3.05) is 18.1 Å². The Bertz CT molecular complexity index is 1280. The third-order valence-corrected chi connectivity index (χ3v) is 7.56. The van der Waals surface area contributed by atoms with Gasteiger partial charge in [0, 0.05) is 19.4 Å². The first-order valence-corrected chi connectivity index (χ1v) is 11.7. The number of amides is 2. The van der Waals surface area contributed by atoms with Crippen molar-refractivity contribution in [3.63, 3.8) is 0 Å². The Morgan fingerprint density at radius 1 is 1.14 bits per heavy atom. The molecule has 2 N–H and O–H groups in total. The lowest BCUT2D eigenvalue weighted by Gasteiger charge is -2.35. The highest BCUT2D eigenvalue weighted by Crippen LogP contribution is 2.62. The van der Waals surface area contributed by atoms with Gasteiger partial charge in [0.05, 0.1) is 59.6 Å². The summed E-state index contributed by atoms with van der Waals surface area (Å²) in [6, 6.07) is 13.2. The Morgan fingerprint density at radius 2 is 1.84 bits per heavy atom. The number of alkyl halides is 3. The van der Waals surface area contributed by atoms with Gasteiger partial charge >= 0.3 is 6.18 Å². The molecule has 2 aromatic rings. The molecule has 11 heteroatoms.